The Morgan fingerprint density at radius 3 is 3.00 bits per heavy atom. The summed E-state index contributed by atoms with van der Waals surface area (Å²) >= 11 is 0. The summed E-state index contributed by atoms with van der Waals surface area (Å²) in [6.07, 6.45) is 0.437. The highest BCUT2D eigenvalue weighted by Gasteiger charge is 2.33. The molecule has 1 aliphatic rings. The van der Waals surface area contributed by atoms with Crippen molar-refractivity contribution in [1.29, 1.82) is 0 Å². The maximum Gasteiger partial charge on any atom is 0.244 e. The molecule has 1 saturated heterocycles. The van der Waals surface area contributed by atoms with E-state index in [0.717, 1.165) is 11.4 Å². The number of carbonyl (C=O) groups is 1. The molecule has 0 aromatic heterocycles. The molecule has 2 unspecified atom stereocenters. The van der Waals surface area contributed by atoms with Gasteiger partial charge in [-0.2, -0.15) is 0 Å². The minimum atomic E-state index is -0.313. The smallest absolute Gasteiger partial charge is 0.244 e. The number of aliphatic hydroxyl groups excluding tert-OH is 1. The molecule has 1 amide bonds. The first-order valence-corrected chi connectivity index (χ1v) is 6.48. The van der Waals surface area contributed by atoms with Gasteiger partial charge in [0.2, 0.25) is 5.91 Å². The van der Waals surface area contributed by atoms with Gasteiger partial charge in [-0.3, -0.25) is 4.79 Å². The van der Waals surface area contributed by atoms with Gasteiger partial charge >= 0.3 is 0 Å². The van der Waals surface area contributed by atoms with E-state index < -0.39 is 0 Å². The summed E-state index contributed by atoms with van der Waals surface area (Å²) in [5, 5.41) is 12.2. The highest BCUT2D eigenvalue weighted by atomic mass is 16.5. The number of hydrogen-bond acceptors (Lipinski definition) is 4. The van der Waals surface area contributed by atoms with E-state index in [9.17, 15) is 4.79 Å². The number of benzene rings is 1. The first kappa shape index (κ1) is 13.8. The molecule has 5 nitrogen and oxygen atoms in total. The molecule has 0 spiro atoms. The lowest BCUT2D eigenvalue weighted by molar-refractivity contribution is -0.122. The number of amides is 1. The van der Waals surface area contributed by atoms with Crippen LogP contribution in [0.1, 0.15) is 13.3 Å². The van der Waals surface area contributed by atoms with Crippen LogP contribution in [0.4, 0.5) is 5.69 Å². The highest BCUT2D eigenvalue weighted by molar-refractivity contribution is 5.98. The molecule has 1 fully saturated rings. The number of hydrogen-bond donors (Lipinski definition) is 2. The van der Waals surface area contributed by atoms with E-state index in [1.54, 1.807) is 12.0 Å². The Morgan fingerprint density at radius 2 is 2.32 bits per heavy atom. The van der Waals surface area contributed by atoms with Crippen LogP contribution in [0.15, 0.2) is 24.3 Å². The second-order valence-corrected chi connectivity index (χ2v) is 4.73. The molecule has 1 aromatic rings. The predicted octanol–water partition coefficient (Wildman–Crippen LogP) is 0.771. The number of aliphatic hydroxyl groups is 1. The number of nitrogens with zero attached hydrogens (tertiary/aromatic N) is 1. The first-order valence-electron chi connectivity index (χ1n) is 6.48. The Morgan fingerprint density at radius 1 is 1.53 bits per heavy atom. The summed E-state index contributed by atoms with van der Waals surface area (Å²) in [6.45, 7) is 2.72. The number of anilines is 1. The number of piperazine rings is 1. The molecule has 2 atom stereocenters. The van der Waals surface area contributed by atoms with Crippen LogP contribution in [0, 0.1) is 0 Å². The van der Waals surface area contributed by atoms with Crippen LogP contribution in [0.2, 0.25) is 0 Å². The van der Waals surface area contributed by atoms with Crippen LogP contribution in [-0.2, 0) is 4.79 Å². The van der Waals surface area contributed by atoms with Crippen molar-refractivity contribution in [3.8, 4) is 5.75 Å². The van der Waals surface area contributed by atoms with Crippen molar-refractivity contribution in [3.63, 3.8) is 0 Å². The number of ether oxygens (including phenoxy) is 1. The van der Waals surface area contributed by atoms with Crippen molar-refractivity contribution in [2.75, 3.05) is 25.2 Å². The van der Waals surface area contributed by atoms with E-state index in [2.05, 4.69) is 5.32 Å². The number of methoxy groups -OCH3 is 1. The fourth-order valence-electron chi connectivity index (χ4n) is 2.37. The van der Waals surface area contributed by atoms with Crippen LogP contribution >= 0.6 is 0 Å². The number of nitrogens with one attached hydrogen (secondary N) is 1. The van der Waals surface area contributed by atoms with Crippen molar-refractivity contribution in [3.05, 3.63) is 24.3 Å². The third-order valence-electron chi connectivity index (χ3n) is 3.39. The average Bonchev–Trinajstić information content (AvgIpc) is 2.42. The lowest BCUT2D eigenvalue weighted by Gasteiger charge is -2.38. The summed E-state index contributed by atoms with van der Waals surface area (Å²) in [6, 6.07) is 7.25. The largest absolute Gasteiger partial charge is 0.497 e. The molecule has 5 heteroatoms. The fraction of sp³-hybridized carbons (Fsp3) is 0.500. The summed E-state index contributed by atoms with van der Waals surface area (Å²) in [7, 11) is 1.61. The maximum absolute atomic E-state index is 12.4. The molecule has 2 rings (SSSR count). The van der Waals surface area contributed by atoms with Gasteiger partial charge in [-0.25, -0.2) is 0 Å². The van der Waals surface area contributed by atoms with Crippen LogP contribution in [-0.4, -0.2) is 43.4 Å². The summed E-state index contributed by atoms with van der Waals surface area (Å²) < 4.78 is 5.20. The lowest BCUT2D eigenvalue weighted by atomic mass is 10.1. The van der Waals surface area contributed by atoms with Gasteiger partial charge in [0.15, 0.2) is 0 Å². The second-order valence-electron chi connectivity index (χ2n) is 4.73. The third-order valence-corrected chi connectivity index (χ3v) is 3.39. The van der Waals surface area contributed by atoms with E-state index in [0.29, 0.717) is 13.0 Å². The van der Waals surface area contributed by atoms with Crippen molar-refractivity contribution < 1.29 is 14.6 Å². The molecule has 2 N–H and O–H groups in total. The number of carbonyl (C=O) groups excluding carboxylic acids is 1. The summed E-state index contributed by atoms with van der Waals surface area (Å²) in [5.41, 5.74) is 0.835. The van der Waals surface area contributed by atoms with E-state index in [-0.39, 0.29) is 24.6 Å². The summed E-state index contributed by atoms with van der Waals surface area (Å²) in [5.74, 6) is 0.732. The monoisotopic (exact) mass is 264 g/mol. The predicted molar refractivity (Wildman–Crippen MR) is 73.4 cm³/mol. The van der Waals surface area contributed by atoms with Crippen molar-refractivity contribution in [1.82, 2.24) is 5.32 Å². The van der Waals surface area contributed by atoms with Gasteiger partial charge in [-0.05, 0) is 25.5 Å². The third kappa shape index (κ3) is 2.88. The van der Waals surface area contributed by atoms with E-state index in [1.165, 1.54) is 0 Å². The molecular formula is C14H20N2O3. The van der Waals surface area contributed by atoms with Gasteiger partial charge in [-0.15, -0.1) is 0 Å². The Labute approximate surface area is 113 Å². The zero-order chi connectivity index (χ0) is 13.8. The van der Waals surface area contributed by atoms with Crippen molar-refractivity contribution >= 4 is 11.6 Å². The van der Waals surface area contributed by atoms with Gasteiger partial charge in [0.25, 0.3) is 0 Å². The van der Waals surface area contributed by atoms with Crippen LogP contribution < -0.4 is 15.0 Å². The second kappa shape index (κ2) is 6.04. The Kier molecular flexibility index (Phi) is 4.39. The van der Waals surface area contributed by atoms with Gasteiger partial charge < -0.3 is 20.1 Å². The quantitative estimate of drug-likeness (QED) is 0.843. The molecule has 104 valence electrons. The van der Waals surface area contributed by atoms with E-state index >= 15 is 0 Å². The topological polar surface area (TPSA) is 61.8 Å². The normalized spacial score (nSPS) is 23.5. The minimum absolute atomic E-state index is 0.000975. The fourth-order valence-corrected chi connectivity index (χ4v) is 2.37. The molecule has 1 aliphatic heterocycles. The van der Waals surface area contributed by atoms with Crippen molar-refractivity contribution in [2.24, 2.45) is 0 Å². The average molecular weight is 264 g/mol. The zero-order valence-electron chi connectivity index (χ0n) is 11.3. The SMILES string of the molecule is COc1cccc(N2C(=O)C(CCO)NCC2C)c1. The van der Waals surface area contributed by atoms with E-state index in [4.69, 9.17) is 9.84 Å². The number of rotatable bonds is 4. The molecule has 0 saturated carbocycles. The lowest BCUT2D eigenvalue weighted by Crippen LogP contribution is -2.59. The van der Waals surface area contributed by atoms with Gasteiger partial charge in [0, 0.05) is 30.9 Å². The zero-order valence-corrected chi connectivity index (χ0v) is 11.3. The van der Waals surface area contributed by atoms with Crippen LogP contribution in [0.25, 0.3) is 0 Å². The van der Waals surface area contributed by atoms with Crippen molar-refractivity contribution in [2.45, 2.75) is 25.4 Å². The van der Waals surface area contributed by atoms with Crippen LogP contribution in [0.3, 0.4) is 0 Å². The molecule has 0 aliphatic carbocycles. The molecule has 0 radical (unpaired) electrons. The molecular weight excluding hydrogens is 244 g/mol. The summed E-state index contributed by atoms with van der Waals surface area (Å²) in [4.78, 5) is 14.2. The molecule has 1 aromatic carbocycles. The Hall–Kier alpha value is -1.59. The maximum atomic E-state index is 12.4. The Balaban J connectivity index is 2.26. The first-order chi connectivity index (χ1) is 9.17. The van der Waals surface area contributed by atoms with Gasteiger partial charge in [0.05, 0.1) is 13.2 Å². The van der Waals surface area contributed by atoms with Crippen LogP contribution in [0.5, 0.6) is 5.75 Å². The minimum Gasteiger partial charge on any atom is -0.497 e. The van der Waals surface area contributed by atoms with Gasteiger partial charge in [-0.1, -0.05) is 6.07 Å². The molecule has 0 bridgehead atoms. The molecule has 1 heterocycles. The molecule has 19 heavy (non-hydrogen) atoms. The highest BCUT2D eigenvalue weighted by Crippen LogP contribution is 2.25. The van der Waals surface area contributed by atoms with Gasteiger partial charge in [0.1, 0.15) is 5.75 Å². The van der Waals surface area contributed by atoms with E-state index in [1.807, 2.05) is 31.2 Å². The standard InChI is InChI=1S/C14H20N2O3/c1-10-9-15-13(6-7-17)14(18)16(10)11-4-3-5-12(8-11)19-2/h3-5,8,10,13,15,17H,6-7,9H2,1-2H3. The Bertz CT molecular complexity index is 450.